The molecule has 3 fully saturated rings. The Hall–Kier alpha value is -0.600. The van der Waals surface area contributed by atoms with Gasteiger partial charge in [0.15, 0.2) is 12.6 Å². The van der Waals surface area contributed by atoms with E-state index < -0.39 is 105 Å². The molecule has 3 aliphatic rings. The minimum atomic E-state index is -2.12. The Labute approximate surface area is 194 Å². The highest BCUT2D eigenvalue weighted by atomic mass is 16.8. The van der Waals surface area contributed by atoms with Crippen molar-refractivity contribution in [3.05, 3.63) is 0 Å². The Morgan fingerprint density at radius 1 is 0.765 bits per heavy atom. The van der Waals surface area contributed by atoms with Gasteiger partial charge < -0.3 is 75.3 Å². The number of aliphatic hydroxyl groups excluding tert-OH is 9. The van der Waals surface area contributed by atoms with Crippen molar-refractivity contribution in [2.45, 2.75) is 98.3 Å². The van der Waals surface area contributed by atoms with E-state index in [0.29, 0.717) is 0 Å². The summed E-state index contributed by atoms with van der Waals surface area (Å²) in [5.74, 6) is 0. The van der Waals surface area contributed by atoms with Gasteiger partial charge in [-0.3, -0.25) is 0 Å². The van der Waals surface area contributed by atoms with Gasteiger partial charge in [-0.25, -0.2) is 0 Å². The molecule has 2 aliphatic heterocycles. The molecule has 0 aromatic heterocycles. The van der Waals surface area contributed by atoms with Crippen LogP contribution in [0.25, 0.3) is 0 Å². The van der Waals surface area contributed by atoms with Gasteiger partial charge in [-0.15, -0.1) is 0 Å². The summed E-state index contributed by atoms with van der Waals surface area (Å²) in [6, 6.07) is -1.07. The summed E-state index contributed by atoms with van der Waals surface area (Å²) in [7, 11) is 1.43. The van der Waals surface area contributed by atoms with Gasteiger partial charge in [0, 0.05) is 0 Å². The molecule has 2 heterocycles. The van der Waals surface area contributed by atoms with E-state index in [-0.39, 0.29) is 0 Å². The predicted molar refractivity (Wildman–Crippen MR) is 107 cm³/mol. The van der Waals surface area contributed by atoms with Crippen LogP contribution in [0.4, 0.5) is 0 Å². The molecule has 0 amide bonds. The Balaban J connectivity index is 1.86. The molecular formula is C19H35NO14. The average molecular weight is 501 g/mol. The standard InChI is InChI=1S/C19H35NO14/c1-5-19(30,4-22)16(34-17-7(20-2)9(24)8(23)6(3-21)32-17)18(31-5)33-15-13(28)11(26)10(25)12(27)14(15)29/h5-18,20-30H,3-4H2,1-2H3/t5-,6+,7-,8-,9+,10?,11-,12+,13-,14+,15?,16-,17-,18+,19-/m1/s1. The van der Waals surface area contributed by atoms with E-state index in [4.69, 9.17) is 18.9 Å². The lowest BCUT2D eigenvalue weighted by Crippen LogP contribution is -2.67. The van der Waals surface area contributed by atoms with Crippen LogP contribution >= 0.6 is 0 Å². The quantitative estimate of drug-likeness (QED) is 0.155. The topological polar surface area (TPSA) is 251 Å². The third-order valence-electron chi connectivity index (χ3n) is 6.89. The zero-order valence-corrected chi connectivity index (χ0v) is 18.6. The SMILES string of the molecule is CN[C@H]1[C@@H](O[C@@H]2[C@H](OC3[C@@H](O)[C@@H](O)C(O)[C@@H](O)[C@H]3O)O[C@H](C)[C@]2(O)CO)O[C@@H](CO)[C@@H](O)[C@H]1O. The predicted octanol–water partition coefficient (Wildman–Crippen LogP) is -6.93. The molecule has 0 spiro atoms. The number of hydrogen-bond donors (Lipinski definition) is 11. The van der Waals surface area contributed by atoms with Crippen molar-refractivity contribution in [2.24, 2.45) is 0 Å². The first-order valence-electron chi connectivity index (χ1n) is 10.9. The molecular weight excluding hydrogens is 466 g/mol. The summed E-state index contributed by atoms with van der Waals surface area (Å²) in [5.41, 5.74) is -2.12. The van der Waals surface area contributed by atoms with Crippen LogP contribution in [-0.4, -0.2) is 163 Å². The average Bonchev–Trinajstić information content (AvgIpc) is 3.06. The van der Waals surface area contributed by atoms with Gasteiger partial charge in [0.05, 0.1) is 25.4 Å². The fourth-order valence-electron chi connectivity index (χ4n) is 4.52. The Bertz CT molecular complexity index is 659. The van der Waals surface area contributed by atoms with E-state index in [1.165, 1.54) is 14.0 Å². The third-order valence-corrected chi connectivity index (χ3v) is 6.89. The van der Waals surface area contributed by atoms with Crippen LogP contribution < -0.4 is 5.32 Å². The van der Waals surface area contributed by atoms with Gasteiger partial charge >= 0.3 is 0 Å². The van der Waals surface area contributed by atoms with Gasteiger partial charge in [0.2, 0.25) is 0 Å². The smallest absolute Gasteiger partial charge is 0.187 e. The van der Waals surface area contributed by atoms with E-state index in [9.17, 15) is 51.1 Å². The number of likely N-dealkylation sites (N-methyl/N-ethyl adjacent to an activating group) is 1. The highest BCUT2D eigenvalue weighted by molar-refractivity contribution is 5.04. The molecule has 34 heavy (non-hydrogen) atoms. The summed E-state index contributed by atoms with van der Waals surface area (Å²) in [4.78, 5) is 0. The largest absolute Gasteiger partial charge is 0.394 e. The van der Waals surface area contributed by atoms with E-state index in [2.05, 4.69) is 5.32 Å². The molecule has 0 bridgehead atoms. The van der Waals surface area contributed by atoms with E-state index in [0.717, 1.165) is 0 Å². The Kier molecular flexibility index (Phi) is 8.88. The minimum Gasteiger partial charge on any atom is -0.394 e. The molecule has 3 rings (SSSR count). The van der Waals surface area contributed by atoms with Gasteiger partial charge in [-0.2, -0.15) is 0 Å². The van der Waals surface area contributed by atoms with Crippen molar-refractivity contribution in [2.75, 3.05) is 20.3 Å². The summed E-state index contributed by atoms with van der Waals surface area (Å²) in [6.07, 6.45) is -21.0. The lowest BCUT2D eigenvalue weighted by atomic mass is 9.84. The Morgan fingerprint density at radius 3 is 1.82 bits per heavy atom. The van der Waals surface area contributed by atoms with Crippen molar-refractivity contribution in [3.8, 4) is 0 Å². The van der Waals surface area contributed by atoms with Crippen LogP contribution in [0.5, 0.6) is 0 Å². The molecule has 15 heteroatoms. The lowest BCUT2D eigenvalue weighted by molar-refractivity contribution is -0.324. The first kappa shape index (κ1) is 28.0. The van der Waals surface area contributed by atoms with Crippen LogP contribution in [0.2, 0.25) is 0 Å². The minimum absolute atomic E-state index is 0.672. The van der Waals surface area contributed by atoms with Crippen LogP contribution in [0.1, 0.15) is 6.92 Å². The van der Waals surface area contributed by atoms with Crippen molar-refractivity contribution >= 4 is 0 Å². The van der Waals surface area contributed by atoms with Gasteiger partial charge in [0.25, 0.3) is 0 Å². The van der Waals surface area contributed by atoms with Crippen molar-refractivity contribution < 1.29 is 70.0 Å². The summed E-state index contributed by atoms with van der Waals surface area (Å²) >= 11 is 0. The molecule has 1 aliphatic carbocycles. The molecule has 2 saturated heterocycles. The van der Waals surface area contributed by atoms with Gasteiger partial charge in [-0.1, -0.05) is 0 Å². The summed E-state index contributed by atoms with van der Waals surface area (Å²) < 4.78 is 22.5. The van der Waals surface area contributed by atoms with Crippen molar-refractivity contribution in [3.63, 3.8) is 0 Å². The number of aliphatic hydroxyl groups is 10. The first-order valence-corrected chi connectivity index (χ1v) is 10.9. The normalized spacial score (nSPS) is 54.4. The van der Waals surface area contributed by atoms with Gasteiger partial charge in [-0.05, 0) is 14.0 Å². The van der Waals surface area contributed by atoms with Crippen molar-refractivity contribution in [1.82, 2.24) is 5.32 Å². The van der Waals surface area contributed by atoms with Crippen LogP contribution in [-0.2, 0) is 18.9 Å². The molecule has 11 N–H and O–H groups in total. The van der Waals surface area contributed by atoms with E-state index >= 15 is 0 Å². The third kappa shape index (κ3) is 4.72. The fourth-order valence-corrected chi connectivity index (χ4v) is 4.52. The summed E-state index contributed by atoms with van der Waals surface area (Å²) in [6.45, 7) is -0.192. The highest BCUT2D eigenvalue weighted by Gasteiger charge is 2.60. The van der Waals surface area contributed by atoms with Crippen LogP contribution in [0, 0.1) is 0 Å². The van der Waals surface area contributed by atoms with E-state index in [1.54, 1.807) is 0 Å². The maximum Gasteiger partial charge on any atom is 0.187 e. The Morgan fingerprint density at radius 2 is 1.32 bits per heavy atom. The maximum atomic E-state index is 11.1. The number of hydrogen-bond acceptors (Lipinski definition) is 15. The zero-order chi connectivity index (χ0) is 25.5. The molecule has 0 radical (unpaired) electrons. The number of ether oxygens (including phenoxy) is 4. The molecule has 200 valence electrons. The first-order chi connectivity index (χ1) is 15.9. The second kappa shape index (κ2) is 10.8. The molecule has 0 aromatic carbocycles. The molecule has 0 aromatic rings. The van der Waals surface area contributed by atoms with Crippen molar-refractivity contribution in [1.29, 1.82) is 0 Å². The highest BCUT2D eigenvalue weighted by Crippen LogP contribution is 2.38. The van der Waals surface area contributed by atoms with E-state index in [1.807, 2.05) is 0 Å². The molecule has 2 unspecified atom stereocenters. The molecule has 15 atom stereocenters. The lowest BCUT2D eigenvalue weighted by Gasteiger charge is -2.45. The van der Waals surface area contributed by atoms with Crippen LogP contribution in [0.3, 0.4) is 0 Å². The second-order valence-electron chi connectivity index (χ2n) is 8.93. The second-order valence-corrected chi connectivity index (χ2v) is 8.93. The number of nitrogens with one attached hydrogen (secondary N) is 1. The maximum absolute atomic E-state index is 11.1. The fraction of sp³-hybridized carbons (Fsp3) is 1.00. The van der Waals surface area contributed by atoms with Gasteiger partial charge in [0.1, 0.15) is 66.6 Å². The van der Waals surface area contributed by atoms with Crippen LogP contribution in [0.15, 0.2) is 0 Å². The number of rotatable bonds is 7. The molecule has 15 nitrogen and oxygen atoms in total. The molecule has 1 saturated carbocycles. The monoisotopic (exact) mass is 501 g/mol. The summed E-state index contributed by atoms with van der Waals surface area (Å²) in [5, 5.41) is 104. The zero-order valence-electron chi connectivity index (χ0n) is 18.6.